The Labute approximate surface area is 86.3 Å². The van der Waals surface area contributed by atoms with Gasteiger partial charge in [-0.25, -0.2) is 0 Å². The fourth-order valence-electron chi connectivity index (χ4n) is 1.26. The van der Waals surface area contributed by atoms with Gasteiger partial charge in [-0.05, 0) is 11.1 Å². The van der Waals surface area contributed by atoms with Crippen LogP contribution < -0.4 is 0 Å². The molecule has 0 aliphatic heterocycles. The maximum absolute atomic E-state index is 5.73. The first-order valence-electron chi connectivity index (χ1n) is 4.24. The third-order valence-electron chi connectivity index (χ3n) is 1.90. The summed E-state index contributed by atoms with van der Waals surface area (Å²) in [6.07, 6.45) is 0.682. The Hall–Kier alpha value is -1.42. The van der Waals surface area contributed by atoms with Crippen LogP contribution in [0.25, 0.3) is 0 Å². The first-order chi connectivity index (χ1) is 6.88. The second-order valence-electron chi connectivity index (χ2n) is 2.96. The van der Waals surface area contributed by atoms with Gasteiger partial charge in [0.1, 0.15) is 0 Å². The molecule has 72 valence electrons. The van der Waals surface area contributed by atoms with Crippen molar-refractivity contribution in [1.82, 2.24) is 20.6 Å². The summed E-state index contributed by atoms with van der Waals surface area (Å²) in [6.45, 7) is 0. The van der Waals surface area contributed by atoms with E-state index in [2.05, 4.69) is 20.6 Å². The minimum absolute atomic E-state index is 0.528. The maximum atomic E-state index is 5.73. The number of tetrazole rings is 1. The molecule has 1 N–H and O–H groups in total. The predicted molar refractivity (Wildman–Crippen MR) is 53.0 cm³/mol. The zero-order valence-electron chi connectivity index (χ0n) is 7.44. The molecule has 0 spiro atoms. The molecular formula is C9H9ClN4. The summed E-state index contributed by atoms with van der Waals surface area (Å²) >= 11 is 5.73. The average Bonchev–Trinajstić information content (AvgIpc) is 2.71. The van der Waals surface area contributed by atoms with E-state index in [1.165, 1.54) is 0 Å². The highest BCUT2D eigenvalue weighted by Gasteiger charge is 2.00. The molecule has 0 fully saturated rings. The third-order valence-corrected chi connectivity index (χ3v) is 2.21. The van der Waals surface area contributed by atoms with Crippen molar-refractivity contribution in [1.29, 1.82) is 0 Å². The highest BCUT2D eigenvalue weighted by atomic mass is 35.5. The van der Waals surface area contributed by atoms with Crippen LogP contribution in [-0.2, 0) is 12.3 Å². The molecule has 0 atom stereocenters. The van der Waals surface area contributed by atoms with E-state index in [9.17, 15) is 0 Å². The fourth-order valence-corrected chi connectivity index (χ4v) is 1.43. The van der Waals surface area contributed by atoms with Gasteiger partial charge in [-0.3, -0.25) is 0 Å². The third kappa shape index (κ3) is 2.09. The van der Waals surface area contributed by atoms with Gasteiger partial charge in [0, 0.05) is 12.3 Å². The summed E-state index contributed by atoms with van der Waals surface area (Å²) in [5.74, 6) is 1.22. The van der Waals surface area contributed by atoms with E-state index in [0.717, 1.165) is 11.1 Å². The topological polar surface area (TPSA) is 54.5 Å². The Morgan fingerprint density at radius 2 is 2.14 bits per heavy atom. The zero-order chi connectivity index (χ0) is 9.80. The summed E-state index contributed by atoms with van der Waals surface area (Å²) in [7, 11) is 0. The molecule has 0 amide bonds. The standard InChI is InChI=1S/C9H9ClN4/c10-6-8-3-1-2-7(4-8)5-9-11-13-14-12-9/h1-4H,5-6H2,(H,11,12,13,14). The predicted octanol–water partition coefficient (Wildman–Crippen LogP) is 1.53. The zero-order valence-corrected chi connectivity index (χ0v) is 8.20. The van der Waals surface area contributed by atoms with Crippen molar-refractivity contribution in [3.63, 3.8) is 0 Å². The lowest BCUT2D eigenvalue weighted by Gasteiger charge is -1.99. The smallest absolute Gasteiger partial charge is 0.177 e. The minimum Gasteiger partial charge on any atom is -0.177 e. The van der Waals surface area contributed by atoms with Gasteiger partial charge in [-0.2, -0.15) is 5.21 Å². The lowest BCUT2D eigenvalue weighted by atomic mass is 10.1. The van der Waals surface area contributed by atoms with E-state index >= 15 is 0 Å². The van der Waals surface area contributed by atoms with Crippen LogP contribution in [0, 0.1) is 0 Å². The highest BCUT2D eigenvalue weighted by Crippen LogP contribution is 2.09. The number of H-pyrrole nitrogens is 1. The van der Waals surface area contributed by atoms with Crippen LogP contribution in [-0.4, -0.2) is 20.6 Å². The SMILES string of the molecule is ClCc1cccc(Cc2nn[nH]n2)c1. The van der Waals surface area contributed by atoms with Crippen molar-refractivity contribution in [3.05, 3.63) is 41.2 Å². The van der Waals surface area contributed by atoms with E-state index in [1.54, 1.807) is 0 Å². The Kier molecular flexibility index (Phi) is 2.74. The summed E-state index contributed by atoms with van der Waals surface area (Å²) in [5, 5.41) is 13.7. The number of rotatable bonds is 3. The number of alkyl halides is 1. The lowest BCUT2D eigenvalue weighted by Crippen LogP contribution is -1.92. The Balaban J connectivity index is 2.17. The van der Waals surface area contributed by atoms with Crippen molar-refractivity contribution < 1.29 is 0 Å². The molecule has 0 aliphatic carbocycles. The van der Waals surface area contributed by atoms with Crippen molar-refractivity contribution in [2.45, 2.75) is 12.3 Å². The summed E-state index contributed by atoms with van der Waals surface area (Å²) in [6, 6.07) is 8.04. The highest BCUT2D eigenvalue weighted by molar-refractivity contribution is 6.17. The molecule has 5 heteroatoms. The summed E-state index contributed by atoms with van der Waals surface area (Å²) in [4.78, 5) is 0. The van der Waals surface area contributed by atoms with E-state index in [0.29, 0.717) is 18.1 Å². The first-order valence-corrected chi connectivity index (χ1v) is 4.78. The molecule has 0 aliphatic rings. The van der Waals surface area contributed by atoms with E-state index in [-0.39, 0.29) is 0 Å². The molecular weight excluding hydrogens is 200 g/mol. The minimum atomic E-state index is 0.528. The number of benzene rings is 1. The maximum Gasteiger partial charge on any atom is 0.178 e. The van der Waals surface area contributed by atoms with Gasteiger partial charge in [0.2, 0.25) is 0 Å². The molecule has 0 saturated heterocycles. The average molecular weight is 209 g/mol. The number of hydrogen-bond acceptors (Lipinski definition) is 3. The van der Waals surface area contributed by atoms with Crippen molar-refractivity contribution in [2.24, 2.45) is 0 Å². The number of aromatic nitrogens is 4. The Morgan fingerprint density at radius 1 is 1.29 bits per heavy atom. The van der Waals surface area contributed by atoms with Crippen LogP contribution in [0.4, 0.5) is 0 Å². The molecule has 0 radical (unpaired) electrons. The van der Waals surface area contributed by atoms with Gasteiger partial charge < -0.3 is 0 Å². The van der Waals surface area contributed by atoms with Gasteiger partial charge in [0.25, 0.3) is 0 Å². The normalized spacial score (nSPS) is 10.4. The van der Waals surface area contributed by atoms with Crippen LogP contribution in [0.5, 0.6) is 0 Å². The second-order valence-corrected chi connectivity index (χ2v) is 3.23. The van der Waals surface area contributed by atoms with Crippen molar-refractivity contribution in [3.8, 4) is 0 Å². The molecule has 1 aromatic heterocycles. The van der Waals surface area contributed by atoms with Gasteiger partial charge in [0.05, 0.1) is 0 Å². The molecule has 14 heavy (non-hydrogen) atoms. The van der Waals surface area contributed by atoms with Gasteiger partial charge in [0.15, 0.2) is 5.82 Å². The van der Waals surface area contributed by atoms with Crippen LogP contribution in [0.15, 0.2) is 24.3 Å². The monoisotopic (exact) mass is 208 g/mol. The second kappa shape index (κ2) is 4.19. The largest absolute Gasteiger partial charge is 0.178 e. The molecule has 0 saturated carbocycles. The Bertz CT molecular complexity index is 399. The number of aromatic amines is 1. The van der Waals surface area contributed by atoms with E-state index in [4.69, 9.17) is 11.6 Å². The number of nitrogens with one attached hydrogen (secondary N) is 1. The molecule has 0 unspecified atom stereocenters. The number of hydrogen-bond donors (Lipinski definition) is 1. The van der Waals surface area contributed by atoms with Crippen molar-refractivity contribution in [2.75, 3.05) is 0 Å². The fraction of sp³-hybridized carbons (Fsp3) is 0.222. The van der Waals surface area contributed by atoms with Gasteiger partial charge in [-0.15, -0.1) is 21.8 Å². The summed E-state index contributed by atoms with van der Waals surface area (Å²) in [5.41, 5.74) is 2.25. The first kappa shape index (κ1) is 9.15. The molecule has 1 aromatic carbocycles. The molecule has 2 aromatic rings. The summed E-state index contributed by atoms with van der Waals surface area (Å²) < 4.78 is 0. The Morgan fingerprint density at radius 3 is 2.86 bits per heavy atom. The van der Waals surface area contributed by atoms with Crippen LogP contribution >= 0.6 is 11.6 Å². The number of nitrogens with zero attached hydrogens (tertiary/aromatic N) is 3. The van der Waals surface area contributed by atoms with Crippen LogP contribution in [0.1, 0.15) is 17.0 Å². The molecule has 1 heterocycles. The van der Waals surface area contributed by atoms with E-state index < -0.39 is 0 Å². The molecule has 2 rings (SSSR count). The lowest BCUT2D eigenvalue weighted by molar-refractivity contribution is 0.881. The van der Waals surface area contributed by atoms with Gasteiger partial charge >= 0.3 is 0 Å². The number of halogens is 1. The van der Waals surface area contributed by atoms with Gasteiger partial charge in [-0.1, -0.05) is 29.5 Å². The van der Waals surface area contributed by atoms with E-state index in [1.807, 2.05) is 24.3 Å². The van der Waals surface area contributed by atoms with Crippen LogP contribution in [0.3, 0.4) is 0 Å². The molecule has 4 nitrogen and oxygen atoms in total. The molecule has 0 bridgehead atoms. The van der Waals surface area contributed by atoms with Crippen LogP contribution in [0.2, 0.25) is 0 Å². The van der Waals surface area contributed by atoms with Crippen molar-refractivity contribution >= 4 is 11.6 Å². The quantitative estimate of drug-likeness (QED) is 0.779.